The zero-order valence-corrected chi connectivity index (χ0v) is 17.2. The van der Waals surface area contributed by atoms with Crippen molar-refractivity contribution in [1.82, 2.24) is 5.32 Å². The van der Waals surface area contributed by atoms with Crippen LogP contribution in [0.2, 0.25) is 0 Å². The molecule has 1 amide bonds. The number of hydrogen-bond donors (Lipinski definition) is 2. The molecule has 2 aliphatic rings. The summed E-state index contributed by atoms with van der Waals surface area (Å²) in [5, 5.41) is 12.7. The second-order valence-corrected chi connectivity index (χ2v) is 7.55. The van der Waals surface area contributed by atoms with Crippen LogP contribution in [0.3, 0.4) is 0 Å². The molecule has 3 atom stereocenters. The summed E-state index contributed by atoms with van der Waals surface area (Å²) in [5.41, 5.74) is 1.51. The Labute approximate surface area is 178 Å². The number of furan rings is 1. The Morgan fingerprint density at radius 1 is 1.26 bits per heavy atom. The average molecular weight is 425 g/mol. The number of benzene rings is 1. The summed E-state index contributed by atoms with van der Waals surface area (Å²) in [4.78, 5) is 38.9. The van der Waals surface area contributed by atoms with E-state index in [1.807, 2.05) is 0 Å². The highest BCUT2D eigenvalue weighted by Gasteiger charge is 2.48. The molecule has 0 saturated carbocycles. The topological polar surface area (TPSA) is 115 Å². The minimum Gasteiger partial charge on any atom is -0.504 e. The summed E-state index contributed by atoms with van der Waals surface area (Å²) < 4.78 is 15.9. The lowest BCUT2D eigenvalue weighted by Crippen LogP contribution is -2.44. The third kappa shape index (κ3) is 3.69. The molecule has 31 heavy (non-hydrogen) atoms. The number of amides is 1. The molecule has 0 radical (unpaired) electrons. The molecule has 0 bridgehead atoms. The molecule has 162 valence electrons. The number of phenols is 1. The summed E-state index contributed by atoms with van der Waals surface area (Å²) in [7, 11) is 1.42. The molecule has 2 aromatic rings. The lowest BCUT2D eigenvalue weighted by Gasteiger charge is -2.37. The Bertz CT molecular complexity index is 1050. The molecule has 4 rings (SSSR count). The summed E-state index contributed by atoms with van der Waals surface area (Å²) in [6, 6.07) is 8.12. The van der Waals surface area contributed by atoms with Gasteiger partial charge < -0.3 is 24.3 Å². The zero-order valence-electron chi connectivity index (χ0n) is 17.2. The number of ketones is 1. The van der Waals surface area contributed by atoms with Crippen molar-refractivity contribution in [3.63, 3.8) is 0 Å². The highest BCUT2D eigenvalue weighted by molar-refractivity contribution is 6.12. The number of carbonyl (C=O) groups excluding carboxylic acids is 3. The SMILES string of the molecule is CCOC(=O)[C@@H]1C(=O)C2=C(C[C@@H]1c1ccco1)NC(=O)C[C@H]2c1ccc(O)c(OC)c1. The van der Waals surface area contributed by atoms with Crippen LogP contribution in [-0.4, -0.2) is 36.5 Å². The molecule has 2 heterocycles. The first-order chi connectivity index (χ1) is 14.9. The van der Waals surface area contributed by atoms with Crippen LogP contribution in [0.25, 0.3) is 0 Å². The van der Waals surface area contributed by atoms with Crippen molar-refractivity contribution in [3.8, 4) is 11.5 Å². The Morgan fingerprint density at radius 2 is 2.06 bits per heavy atom. The molecule has 2 N–H and O–H groups in total. The molecular formula is C23H23NO7. The second-order valence-electron chi connectivity index (χ2n) is 7.55. The molecule has 8 heteroatoms. The van der Waals surface area contributed by atoms with Gasteiger partial charge in [-0.1, -0.05) is 6.07 Å². The van der Waals surface area contributed by atoms with Crippen molar-refractivity contribution in [3.05, 3.63) is 59.2 Å². The number of carbonyl (C=O) groups is 3. The standard InChI is InChI=1S/C23H23NO7/c1-3-30-23(28)21-14(17-5-4-8-31-17)10-15-20(22(21)27)13(11-19(26)24-15)12-6-7-16(25)18(9-12)29-2/h4-9,13-14,21,25H,3,10-11H2,1-2H3,(H,24,26)/t13-,14+,21-/m0/s1. The van der Waals surface area contributed by atoms with E-state index in [9.17, 15) is 19.5 Å². The third-order valence-corrected chi connectivity index (χ3v) is 5.78. The van der Waals surface area contributed by atoms with Gasteiger partial charge in [0.1, 0.15) is 11.7 Å². The van der Waals surface area contributed by atoms with Gasteiger partial charge in [0.05, 0.1) is 20.0 Å². The van der Waals surface area contributed by atoms with Crippen molar-refractivity contribution in [2.45, 2.75) is 31.6 Å². The number of hydrogen-bond acceptors (Lipinski definition) is 7. The number of methoxy groups -OCH3 is 1. The van der Waals surface area contributed by atoms with Crippen LogP contribution in [0.1, 0.15) is 42.9 Å². The first-order valence-corrected chi connectivity index (χ1v) is 10.1. The summed E-state index contributed by atoms with van der Waals surface area (Å²) in [6.45, 7) is 1.83. The average Bonchev–Trinajstić information content (AvgIpc) is 3.28. The Morgan fingerprint density at radius 3 is 2.74 bits per heavy atom. The largest absolute Gasteiger partial charge is 0.504 e. The number of phenolic OH excluding ortho intramolecular Hbond substituents is 1. The fraction of sp³-hybridized carbons (Fsp3) is 0.348. The molecule has 1 aliphatic carbocycles. The van der Waals surface area contributed by atoms with Gasteiger partial charge in [-0.25, -0.2) is 0 Å². The Balaban J connectivity index is 1.81. The minimum absolute atomic E-state index is 0.0411. The van der Waals surface area contributed by atoms with Crippen LogP contribution in [-0.2, 0) is 19.1 Å². The van der Waals surface area contributed by atoms with Gasteiger partial charge in [-0.15, -0.1) is 0 Å². The van der Waals surface area contributed by atoms with Gasteiger partial charge in [0.15, 0.2) is 17.3 Å². The highest BCUT2D eigenvalue weighted by Crippen LogP contribution is 2.46. The molecular weight excluding hydrogens is 402 g/mol. The number of allylic oxidation sites excluding steroid dienone is 2. The number of aromatic hydroxyl groups is 1. The number of nitrogens with one attached hydrogen (secondary N) is 1. The molecule has 0 saturated heterocycles. The quantitative estimate of drug-likeness (QED) is 0.559. The Kier molecular flexibility index (Phi) is 5.54. The van der Waals surface area contributed by atoms with Gasteiger partial charge in [0.2, 0.25) is 5.91 Å². The molecule has 1 aliphatic heterocycles. The van der Waals surface area contributed by atoms with Crippen molar-refractivity contribution in [1.29, 1.82) is 0 Å². The summed E-state index contributed by atoms with van der Waals surface area (Å²) >= 11 is 0. The maximum absolute atomic E-state index is 13.7. The molecule has 0 unspecified atom stereocenters. The lowest BCUT2D eigenvalue weighted by atomic mass is 9.69. The van der Waals surface area contributed by atoms with E-state index >= 15 is 0 Å². The number of rotatable bonds is 5. The smallest absolute Gasteiger partial charge is 0.317 e. The van der Waals surface area contributed by atoms with Gasteiger partial charge in [0, 0.05) is 29.5 Å². The summed E-state index contributed by atoms with van der Waals surface area (Å²) in [5.74, 6) is -2.76. The van der Waals surface area contributed by atoms with Gasteiger partial charge >= 0.3 is 5.97 Å². The Hall–Kier alpha value is -3.55. The van der Waals surface area contributed by atoms with E-state index in [0.29, 0.717) is 22.6 Å². The van der Waals surface area contributed by atoms with Crippen LogP contribution in [0.5, 0.6) is 11.5 Å². The predicted molar refractivity (Wildman–Crippen MR) is 108 cm³/mol. The molecule has 1 aromatic carbocycles. The maximum Gasteiger partial charge on any atom is 0.317 e. The third-order valence-electron chi connectivity index (χ3n) is 5.78. The van der Waals surface area contributed by atoms with Gasteiger partial charge in [-0.2, -0.15) is 0 Å². The van der Waals surface area contributed by atoms with E-state index in [1.54, 1.807) is 31.2 Å². The monoisotopic (exact) mass is 425 g/mol. The number of Topliss-reactive ketones (excluding diaryl/α,β-unsaturated/α-hetero) is 1. The minimum atomic E-state index is -1.07. The predicted octanol–water partition coefficient (Wildman–Crippen LogP) is 2.79. The van der Waals surface area contributed by atoms with Gasteiger partial charge in [-0.3, -0.25) is 14.4 Å². The van der Waals surface area contributed by atoms with Crippen LogP contribution in [0.4, 0.5) is 0 Å². The first kappa shape index (κ1) is 20.7. The molecule has 1 aromatic heterocycles. The van der Waals surface area contributed by atoms with E-state index in [1.165, 1.54) is 19.4 Å². The lowest BCUT2D eigenvalue weighted by molar-refractivity contribution is -0.152. The molecule has 0 fully saturated rings. The summed E-state index contributed by atoms with van der Waals surface area (Å²) in [6.07, 6.45) is 1.78. The van der Waals surface area contributed by atoms with Crippen molar-refractivity contribution < 1.29 is 33.4 Å². The number of ether oxygens (including phenoxy) is 2. The molecule has 8 nitrogen and oxygen atoms in total. The van der Waals surface area contributed by atoms with E-state index in [0.717, 1.165) is 0 Å². The van der Waals surface area contributed by atoms with E-state index in [4.69, 9.17) is 13.9 Å². The fourth-order valence-electron chi connectivity index (χ4n) is 4.42. The van der Waals surface area contributed by atoms with Gasteiger partial charge in [0.25, 0.3) is 0 Å². The van der Waals surface area contributed by atoms with Crippen LogP contribution < -0.4 is 10.1 Å². The van der Waals surface area contributed by atoms with Gasteiger partial charge in [-0.05, 0) is 43.2 Å². The van der Waals surface area contributed by atoms with E-state index in [-0.39, 0.29) is 36.9 Å². The normalized spacial score (nSPS) is 23.2. The maximum atomic E-state index is 13.7. The van der Waals surface area contributed by atoms with Crippen molar-refractivity contribution in [2.24, 2.45) is 5.92 Å². The van der Waals surface area contributed by atoms with Crippen LogP contribution in [0, 0.1) is 5.92 Å². The fourth-order valence-corrected chi connectivity index (χ4v) is 4.42. The number of esters is 1. The molecule has 0 spiro atoms. The van der Waals surface area contributed by atoms with Crippen LogP contribution in [0.15, 0.2) is 52.3 Å². The first-order valence-electron chi connectivity index (χ1n) is 10.1. The highest BCUT2D eigenvalue weighted by atomic mass is 16.5. The van der Waals surface area contributed by atoms with E-state index in [2.05, 4.69) is 5.32 Å². The zero-order chi connectivity index (χ0) is 22.1. The second kappa shape index (κ2) is 8.29. The van der Waals surface area contributed by atoms with Crippen molar-refractivity contribution >= 4 is 17.7 Å². The van der Waals surface area contributed by atoms with E-state index < -0.39 is 29.5 Å². The van der Waals surface area contributed by atoms with Crippen molar-refractivity contribution in [2.75, 3.05) is 13.7 Å². The van der Waals surface area contributed by atoms with Crippen LogP contribution >= 0.6 is 0 Å².